The van der Waals surface area contributed by atoms with E-state index in [1.54, 1.807) is 0 Å². The summed E-state index contributed by atoms with van der Waals surface area (Å²) in [5, 5.41) is -0.144. The summed E-state index contributed by atoms with van der Waals surface area (Å²) in [5.74, 6) is -0.877. The number of halogens is 1. The molecule has 1 aromatic rings. The third-order valence-corrected chi connectivity index (χ3v) is 1.41. The Labute approximate surface area is 72.7 Å². The lowest BCUT2D eigenvalue weighted by molar-refractivity contribution is 0.0995. The van der Waals surface area contributed by atoms with Gasteiger partial charge in [-0.1, -0.05) is 11.6 Å². The molecule has 0 spiro atoms. The van der Waals surface area contributed by atoms with Crippen molar-refractivity contribution in [3.05, 3.63) is 10.8 Å². The van der Waals surface area contributed by atoms with Crippen molar-refractivity contribution in [2.75, 3.05) is 11.5 Å². The highest BCUT2D eigenvalue weighted by Crippen LogP contribution is 2.16. The Morgan fingerprint density at radius 2 is 1.75 bits per heavy atom. The average molecular weight is 188 g/mol. The van der Waals surface area contributed by atoms with Crippen molar-refractivity contribution < 1.29 is 4.79 Å². The average Bonchev–Trinajstić information content (AvgIpc) is 1.96. The SMILES string of the molecule is NC(=O)c1nc(N)c(N)nc1Cl. The van der Waals surface area contributed by atoms with Crippen LogP contribution in [0.5, 0.6) is 0 Å². The molecule has 1 aromatic heterocycles. The molecule has 64 valence electrons. The Morgan fingerprint density at radius 1 is 1.25 bits per heavy atom. The van der Waals surface area contributed by atoms with Crippen LogP contribution in [-0.4, -0.2) is 15.9 Å². The Balaban J connectivity index is 3.33. The summed E-state index contributed by atoms with van der Waals surface area (Å²) in [5.41, 5.74) is 15.3. The van der Waals surface area contributed by atoms with Crippen LogP contribution < -0.4 is 17.2 Å². The molecule has 0 aliphatic carbocycles. The van der Waals surface area contributed by atoms with Crippen LogP contribution in [0.1, 0.15) is 10.5 Å². The van der Waals surface area contributed by atoms with Crippen LogP contribution >= 0.6 is 11.6 Å². The van der Waals surface area contributed by atoms with E-state index < -0.39 is 5.91 Å². The topological polar surface area (TPSA) is 121 Å². The molecule has 7 heteroatoms. The first-order valence-electron chi connectivity index (χ1n) is 2.90. The fourth-order valence-corrected chi connectivity index (χ4v) is 0.823. The second kappa shape index (κ2) is 2.82. The van der Waals surface area contributed by atoms with Crippen molar-refractivity contribution in [2.45, 2.75) is 0 Å². The predicted molar refractivity (Wildman–Crippen MR) is 44.4 cm³/mol. The van der Waals surface area contributed by atoms with E-state index in [-0.39, 0.29) is 22.5 Å². The number of primary amides is 1. The molecule has 1 rings (SSSR count). The Hall–Kier alpha value is -1.56. The highest BCUT2D eigenvalue weighted by Gasteiger charge is 2.12. The predicted octanol–water partition coefficient (Wildman–Crippen LogP) is -0.607. The standard InChI is InChI=1S/C5H6ClN5O/c6-2-1(5(9)12)10-3(7)4(8)11-2/h(H2,7,10)(H2,8,11)(H2,9,12). The second-order valence-corrected chi connectivity index (χ2v) is 2.36. The van der Waals surface area contributed by atoms with Gasteiger partial charge in [-0.05, 0) is 0 Å². The molecule has 0 aliphatic heterocycles. The van der Waals surface area contributed by atoms with Gasteiger partial charge in [-0.15, -0.1) is 0 Å². The first kappa shape index (κ1) is 8.54. The molecule has 1 heterocycles. The van der Waals surface area contributed by atoms with Gasteiger partial charge in [-0.25, -0.2) is 9.97 Å². The maximum absolute atomic E-state index is 10.6. The van der Waals surface area contributed by atoms with E-state index in [9.17, 15) is 4.79 Å². The van der Waals surface area contributed by atoms with Crippen LogP contribution in [0.3, 0.4) is 0 Å². The molecular formula is C5H6ClN5O. The molecule has 1 amide bonds. The van der Waals surface area contributed by atoms with Gasteiger partial charge < -0.3 is 17.2 Å². The monoisotopic (exact) mass is 187 g/mol. The van der Waals surface area contributed by atoms with Crippen LogP contribution in [0.4, 0.5) is 11.6 Å². The zero-order valence-electron chi connectivity index (χ0n) is 5.91. The van der Waals surface area contributed by atoms with Gasteiger partial charge in [-0.2, -0.15) is 0 Å². The molecule has 0 aromatic carbocycles. The number of hydrogen-bond acceptors (Lipinski definition) is 5. The second-order valence-electron chi connectivity index (χ2n) is 2.00. The minimum Gasteiger partial charge on any atom is -0.381 e. The van der Waals surface area contributed by atoms with E-state index in [0.717, 1.165) is 0 Å². The molecule has 6 N–H and O–H groups in total. The summed E-state index contributed by atoms with van der Waals surface area (Å²) in [7, 11) is 0. The lowest BCUT2D eigenvalue weighted by Gasteiger charge is -2.01. The number of anilines is 2. The van der Waals surface area contributed by atoms with Crippen LogP contribution in [0, 0.1) is 0 Å². The van der Waals surface area contributed by atoms with E-state index in [2.05, 4.69) is 9.97 Å². The van der Waals surface area contributed by atoms with Gasteiger partial charge in [0.2, 0.25) is 0 Å². The van der Waals surface area contributed by atoms with Gasteiger partial charge in [0.05, 0.1) is 0 Å². The molecule has 0 unspecified atom stereocenters. The maximum Gasteiger partial charge on any atom is 0.270 e. The van der Waals surface area contributed by atoms with E-state index in [4.69, 9.17) is 28.8 Å². The zero-order valence-corrected chi connectivity index (χ0v) is 6.67. The van der Waals surface area contributed by atoms with Crippen molar-refractivity contribution in [2.24, 2.45) is 5.73 Å². The van der Waals surface area contributed by atoms with Gasteiger partial charge >= 0.3 is 0 Å². The normalized spacial score (nSPS) is 9.75. The maximum atomic E-state index is 10.6. The number of aromatic nitrogens is 2. The Bertz CT molecular complexity index is 339. The van der Waals surface area contributed by atoms with E-state index in [1.807, 2.05) is 0 Å². The third-order valence-electron chi connectivity index (χ3n) is 1.14. The smallest absolute Gasteiger partial charge is 0.270 e. The minimum atomic E-state index is -0.792. The van der Waals surface area contributed by atoms with Crippen molar-refractivity contribution >= 4 is 29.1 Å². The largest absolute Gasteiger partial charge is 0.381 e. The number of nitrogen functional groups attached to an aromatic ring is 2. The molecule has 0 saturated carbocycles. The Kier molecular flexibility index (Phi) is 2.01. The van der Waals surface area contributed by atoms with E-state index >= 15 is 0 Å². The molecule has 0 saturated heterocycles. The highest BCUT2D eigenvalue weighted by molar-refractivity contribution is 6.32. The first-order chi connectivity index (χ1) is 5.52. The molecule has 0 bridgehead atoms. The third kappa shape index (κ3) is 1.37. The number of amides is 1. The quantitative estimate of drug-likeness (QED) is 0.542. The minimum absolute atomic E-state index is 0.0231. The summed E-state index contributed by atoms with van der Waals surface area (Å²) in [6, 6.07) is 0. The summed E-state index contributed by atoms with van der Waals surface area (Å²) in [6.45, 7) is 0. The van der Waals surface area contributed by atoms with Crippen molar-refractivity contribution in [1.82, 2.24) is 9.97 Å². The van der Waals surface area contributed by atoms with Crippen molar-refractivity contribution in [3.63, 3.8) is 0 Å². The van der Waals surface area contributed by atoms with Gasteiger partial charge in [0.15, 0.2) is 22.5 Å². The van der Waals surface area contributed by atoms with Gasteiger partial charge in [0.25, 0.3) is 5.91 Å². The molecule has 12 heavy (non-hydrogen) atoms. The molecule has 0 radical (unpaired) electrons. The van der Waals surface area contributed by atoms with Crippen LogP contribution in [0.2, 0.25) is 5.15 Å². The fourth-order valence-electron chi connectivity index (χ4n) is 0.597. The number of nitrogens with two attached hydrogens (primary N) is 3. The molecule has 0 fully saturated rings. The number of nitrogens with zero attached hydrogens (tertiary/aromatic N) is 2. The van der Waals surface area contributed by atoms with E-state index in [1.165, 1.54) is 0 Å². The number of rotatable bonds is 1. The first-order valence-corrected chi connectivity index (χ1v) is 3.28. The lowest BCUT2D eigenvalue weighted by atomic mass is 10.4. The zero-order chi connectivity index (χ0) is 9.30. The summed E-state index contributed by atoms with van der Waals surface area (Å²) in [6.07, 6.45) is 0. The van der Waals surface area contributed by atoms with Crippen molar-refractivity contribution in [1.29, 1.82) is 0 Å². The van der Waals surface area contributed by atoms with Crippen molar-refractivity contribution in [3.8, 4) is 0 Å². The van der Waals surface area contributed by atoms with Crippen LogP contribution in [-0.2, 0) is 0 Å². The fraction of sp³-hybridized carbons (Fsp3) is 0. The van der Waals surface area contributed by atoms with Gasteiger partial charge in [0, 0.05) is 0 Å². The van der Waals surface area contributed by atoms with Gasteiger partial charge in [0.1, 0.15) is 0 Å². The summed E-state index contributed by atoms with van der Waals surface area (Å²) >= 11 is 5.49. The summed E-state index contributed by atoms with van der Waals surface area (Å²) in [4.78, 5) is 17.7. The number of hydrogen-bond donors (Lipinski definition) is 3. The van der Waals surface area contributed by atoms with Crippen LogP contribution in [0.15, 0.2) is 0 Å². The van der Waals surface area contributed by atoms with Crippen LogP contribution in [0.25, 0.3) is 0 Å². The molecule has 0 atom stereocenters. The van der Waals surface area contributed by atoms with E-state index in [0.29, 0.717) is 0 Å². The summed E-state index contributed by atoms with van der Waals surface area (Å²) < 4.78 is 0. The number of carbonyl (C=O) groups excluding carboxylic acids is 1. The molecular weight excluding hydrogens is 182 g/mol. The molecule has 0 aliphatic rings. The van der Waals surface area contributed by atoms with Gasteiger partial charge in [-0.3, -0.25) is 4.79 Å². The highest BCUT2D eigenvalue weighted by atomic mass is 35.5. The number of carbonyl (C=O) groups is 1. The molecule has 6 nitrogen and oxygen atoms in total. The Morgan fingerprint density at radius 3 is 2.25 bits per heavy atom. The lowest BCUT2D eigenvalue weighted by Crippen LogP contribution is -2.16.